The fourth-order valence-electron chi connectivity index (χ4n) is 6.52. The fraction of sp³-hybridized carbons (Fsp3) is 0.231. The van der Waals surface area contributed by atoms with E-state index in [0.29, 0.717) is 6.42 Å². The summed E-state index contributed by atoms with van der Waals surface area (Å²) >= 11 is 0. The topological polar surface area (TPSA) is 117 Å². The van der Waals surface area contributed by atoms with Gasteiger partial charge in [-0.1, -0.05) is 97.1 Å². The molecule has 0 N–H and O–H groups in total. The number of benzene rings is 5. The Labute approximate surface area is 290 Å². The summed E-state index contributed by atoms with van der Waals surface area (Å²) in [6, 6.07) is 36.0. The summed E-state index contributed by atoms with van der Waals surface area (Å²) < 4.78 is 33.3. The molecule has 0 spiro atoms. The lowest BCUT2D eigenvalue weighted by Crippen LogP contribution is -2.50. The molecule has 5 aromatic rings. The van der Waals surface area contributed by atoms with Crippen molar-refractivity contribution >= 4 is 55.1 Å². The number of rotatable bonds is 9. The molecular weight excluding hydrogens is 653 g/mol. The predicted octanol–water partition coefficient (Wildman–Crippen LogP) is 5.53. The van der Waals surface area contributed by atoms with Gasteiger partial charge >= 0.3 is 5.97 Å². The van der Waals surface area contributed by atoms with E-state index >= 15 is 0 Å². The zero-order valence-electron chi connectivity index (χ0n) is 27.4. The normalized spacial score (nSPS) is 16.8. The molecule has 2 aliphatic rings. The first kappa shape index (κ1) is 33.1. The molecule has 5 aromatic carbocycles. The molecule has 0 aliphatic carbocycles. The van der Waals surface area contributed by atoms with E-state index in [9.17, 15) is 22.8 Å². The van der Waals surface area contributed by atoms with Crippen molar-refractivity contribution < 1.29 is 27.5 Å². The molecular formula is C39H36N4O6S. The second-order valence-electron chi connectivity index (χ2n) is 12.4. The van der Waals surface area contributed by atoms with Crippen LogP contribution in [0, 0.1) is 0 Å². The zero-order valence-corrected chi connectivity index (χ0v) is 28.2. The Kier molecular flexibility index (Phi) is 9.42. The van der Waals surface area contributed by atoms with E-state index in [4.69, 9.17) is 9.84 Å². The summed E-state index contributed by atoms with van der Waals surface area (Å²) in [4.78, 5) is 40.8. The van der Waals surface area contributed by atoms with Crippen LogP contribution in [0.4, 0.5) is 0 Å². The number of carbonyl (C=O) groups excluding carboxylic acids is 3. The van der Waals surface area contributed by atoms with Gasteiger partial charge in [-0.15, -0.1) is 0 Å². The van der Waals surface area contributed by atoms with Gasteiger partial charge in [-0.3, -0.25) is 14.4 Å². The number of piperazine rings is 1. The molecule has 254 valence electrons. The van der Waals surface area contributed by atoms with Crippen molar-refractivity contribution in [1.29, 1.82) is 0 Å². The highest BCUT2D eigenvalue weighted by atomic mass is 32.2. The second kappa shape index (κ2) is 14.2. The Morgan fingerprint density at radius 2 is 1.30 bits per heavy atom. The van der Waals surface area contributed by atoms with Gasteiger partial charge in [0, 0.05) is 39.0 Å². The van der Waals surface area contributed by atoms with E-state index in [1.165, 1.54) is 9.31 Å². The molecule has 0 aromatic heterocycles. The number of esters is 1. The number of carbonyl (C=O) groups is 3. The molecule has 1 saturated heterocycles. The standard InChI is InChI=1S/C39H36N4O6S/c44-37(41-20-22-42(23-21-41)50(47,48)34-17-16-29-9-5-7-13-32(29)25-34)18-19-39(46)49-27-38(45)43-36(30-10-2-1-3-11-30)26-35(40-43)33-15-14-28-8-4-6-12-31(28)24-33/h1-17,24-25,36H,18-23,26-27H2/t36-/m1/s1. The minimum absolute atomic E-state index is 0.106. The summed E-state index contributed by atoms with van der Waals surface area (Å²) in [5.74, 6) is -1.40. The second-order valence-corrected chi connectivity index (χ2v) is 14.4. The Bertz CT molecular complexity index is 2210. The van der Waals surface area contributed by atoms with E-state index in [2.05, 4.69) is 6.07 Å². The molecule has 0 radical (unpaired) electrons. The van der Waals surface area contributed by atoms with Crippen molar-refractivity contribution in [2.75, 3.05) is 32.8 Å². The van der Waals surface area contributed by atoms with Crippen molar-refractivity contribution in [3.63, 3.8) is 0 Å². The monoisotopic (exact) mass is 688 g/mol. The highest BCUT2D eigenvalue weighted by Crippen LogP contribution is 2.33. The molecule has 0 unspecified atom stereocenters. The molecule has 10 nitrogen and oxygen atoms in total. The number of hydrogen-bond acceptors (Lipinski definition) is 7. The maximum Gasteiger partial charge on any atom is 0.306 e. The predicted molar refractivity (Wildman–Crippen MR) is 191 cm³/mol. The number of ether oxygens (including phenoxy) is 1. The van der Waals surface area contributed by atoms with Crippen LogP contribution in [0.25, 0.3) is 21.5 Å². The van der Waals surface area contributed by atoms with Gasteiger partial charge in [-0.25, -0.2) is 13.4 Å². The average molecular weight is 689 g/mol. The minimum Gasteiger partial charge on any atom is -0.455 e. The van der Waals surface area contributed by atoms with E-state index in [0.717, 1.165) is 38.4 Å². The number of hydrazone groups is 1. The van der Waals surface area contributed by atoms with Crippen molar-refractivity contribution in [2.45, 2.75) is 30.2 Å². The molecule has 7 rings (SSSR count). The lowest BCUT2D eigenvalue weighted by molar-refractivity contribution is -0.153. The number of nitrogens with zero attached hydrogens (tertiary/aromatic N) is 4. The van der Waals surface area contributed by atoms with E-state index in [1.54, 1.807) is 23.1 Å². The minimum atomic E-state index is -3.72. The van der Waals surface area contributed by atoms with Gasteiger partial charge in [0.25, 0.3) is 5.91 Å². The van der Waals surface area contributed by atoms with Crippen LogP contribution in [0.1, 0.15) is 36.4 Å². The molecule has 11 heteroatoms. The Morgan fingerprint density at radius 1 is 0.680 bits per heavy atom. The maximum atomic E-state index is 13.4. The molecule has 2 heterocycles. The number of fused-ring (bicyclic) bond motifs is 2. The third-order valence-electron chi connectivity index (χ3n) is 9.28. The van der Waals surface area contributed by atoms with Gasteiger partial charge in [-0.05, 0) is 50.9 Å². The molecule has 2 aliphatic heterocycles. The number of sulfonamides is 1. The summed E-state index contributed by atoms with van der Waals surface area (Å²) in [6.45, 7) is 0.231. The zero-order chi connectivity index (χ0) is 34.7. The van der Waals surface area contributed by atoms with Crippen molar-refractivity contribution in [3.8, 4) is 0 Å². The highest BCUT2D eigenvalue weighted by molar-refractivity contribution is 7.89. The molecule has 0 bridgehead atoms. The van der Waals surface area contributed by atoms with Crippen LogP contribution in [0.2, 0.25) is 0 Å². The Hall–Kier alpha value is -5.39. The van der Waals surface area contributed by atoms with Gasteiger partial charge in [0.15, 0.2) is 6.61 Å². The van der Waals surface area contributed by atoms with Crippen LogP contribution in [0.15, 0.2) is 125 Å². The van der Waals surface area contributed by atoms with Crippen LogP contribution >= 0.6 is 0 Å². The van der Waals surface area contributed by atoms with Gasteiger partial charge in [0.1, 0.15) is 0 Å². The maximum absolute atomic E-state index is 13.4. The fourth-order valence-corrected chi connectivity index (χ4v) is 7.98. The summed E-state index contributed by atoms with van der Waals surface area (Å²) in [6.07, 6.45) is 0.202. The summed E-state index contributed by atoms with van der Waals surface area (Å²) in [7, 11) is -3.72. The Balaban J connectivity index is 0.922. The van der Waals surface area contributed by atoms with Gasteiger partial charge in [-0.2, -0.15) is 9.41 Å². The van der Waals surface area contributed by atoms with E-state index in [-0.39, 0.29) is 55.9 Å². The van der Waals surface area contributed by atoms with Crippen molar-refractivity contribution in [2.24, 2.45) is 5.10 Å². The van der Waals surface area contributed by atoms with Crippen molar-refractivity contribution in [1.82, 2.24) is 14.2 Å². The molecule has 2 amide bonds. The van der Waals surface area contributed by atoms with Crippen LogP contribution < -0.4 is 0 Å². The van der Waals surface area contributed by atoms with Gasteiger partial charge < -0.3 is 9.64 Å². The first-order chi connectivity index (χ1) is 24.3. The van der Waals surface area contributed by atoms with Crippen LogP contribution in [-0.2, 0) is 29.1 Å². The largest absolute Gasteiger partial charge is 0.455 e. The van der Waals surface area contributed by atoms with Gasteiger partial charge in [0.05, 0.1) is 23.1 Å². The van der Waals surface area contributed by atoms with Crippen LogP contribution in [0.3, 0.4) is 0 Å². The average Bonchev–Trinajstić information content (AvgIpc) is 3.62. The van der Waals surface area contributed by atoms with Crippen LogP contribution in [0.5, 0.6) is 0 Å². The molecule has 0 saturated carbocycles. The quantitative estimate of drug-likeness (QED) is 0.188. The van der Waals surface area contributed by atoms with E-state index < -0.39 is 28.5 Å². The number of amides is 2. The summed E-state index contributed by atoms with van der Waals surface area (Å²) in [5, 5.41) is 10.1. The molecule has 50 heavy (non-hydrogen) atoms. The lowest BCUT2D eigenvalue weighted by atomic mass is 9.97. The third kappa shape index (κ3) is 7.01. The summed E-state index contributed by atoms with van der Waals surface area (Å²) in [5.41, 5.74) is 2.60. The first-order valence-corrected chi connectivity index (χ1v) is 18.1. The molecule has 1 fully saturated rings. The van der Waals surface area contributed by atoms with Gasteiger partial charge in [0.2, 0.25) is 15.9 Å². The lowest BCUT2D eigenvalue weighted by Gasteiger charge is -2.34. The third-order valence-corrected chi connectivity index (χ3v) is 11.2. The van der Waals surface area contributed by atoms with E-state index in [1.807, 2.05) is 91.0 Å². The first-order valence-electron chi connectivity index (χ1n) is 16.6. The molecule has 1 atom stereocenters. The van der Waals surface area contributed by atoms with Crippen LogP contribution in [-0.4, -0.2) is 78.9 Å². The smallest absolute Gasteiger partial charge is 0.306 e. The highest BCUT2D eigenvalue weighted by Gasteiger charge is 2.34. The number of hydrogen-bond donors (Lipinski definition) is 0. The SMILES string of the molecule is O=C(CCC(=O)N1CCN(S(=O)(=O)c2ccc3ccccc3c2)CC1)OCC(=O)N1N=C(c2ccc3ccccc3c2)C[C@@H]1c1ccccc1. The van der Waals surface area contributed by atoms with Crippen molar-refractivity contribution in [3.05, 3.63) is 126 Å². The Morgan fingerprint density at radius 3 is 2.00 bits per heavy atom.